The van der Waals surface area contributed by atoms with Gasteiger partial charge in [0, 0.05) is 23.4 Å². The Kier molecular flexibility index (Phi) is 4.85. The molecule has 0 atom stereocenters. The van der Waals surface area contributed by atoms with E-state index in [9.17, 15) is 0 Å². The van der Waals surface area contributed by atoms with E-state index in [-0.39, 0.29) is 10.8 Å². The fourth-order valence-corrected chi connectivity index (χ4v) is 7.54. The summed E-state index contributed by atoms with van der Waals surface area (Å²) in [5.41, 5.74) is 15.3. The lowest BCUT2D eigenvalue weighted by Crippen LogP contribution is -2.40. The van der Waals surface area contributed by atoms with Gasteiger partial charge in [0.25, 0.3) is 0 Å². The maximum absolute atomic E-state index is 4.42. The summed E-state index contributed by atoms with van der Waals surface area (Å²) in [4.78, 5) is 4.42. The van der Waals surface area contributed by atoms with E-state index in [1.165, 1.54) is 61.2 Å². The second kappa shape index (κ2) is 8.37. The molecule has 2 aliphatic carbocycles. The molecule has 2 aliphatic rings. The molecule has 0 bridgehead atoms. The van der Waals surface area contributed by atoms with Crippen LogP contribution in [0.5, 0.6) is 0 Å². The van der Waals surface area contributed by atoms with Gasteiger partial charge in [-0.1, -0.05) is 129 Å². The highest BCUT2D eigenvalue weighted by Crippen LogP contribution is 2.62. The Balaban J connectivity index is 1.50. The van der Waals surface area contributed by atoms with Crippen molar-refractivity contribution in [1.29, 1.82) is 0 Å². The van der Waals surface area contributed by atoms with Crippen molar-refractivity contribution in [2.45, 2.75) is 24.7 Å². The molecule has 8 rings (SSSR count). The minimum Gasteiger partial charge on any atom is -0.264 e. The first-order chi connectivity index (χ1) is 19.6. The second-order valence-corrected chi connectivity index (χ2v) is 11.6. The Bertz CT molecular complexity index is 1880. The van der Waals surface area contributed by atoms with Gasteiger partial charge in [0.2, 0.25) is 0 Å². The molecule has 1 heterocycles. The molecule has 1 heteroatoms. The standard InChI is InChI=1S/C39H29N/c1-38(2)34-19-9-10-20-36(34)39(32-17-7-5-15-30(32)31-16-6-8-18-33(31)39)37-24-26(21-22-35(37)38)28-13-3-4-14-29(28)27-12-11-23-40-25-27/h3-25H,1-2H3. The number of benzene rings is 5. The van der Waals surface area contributed by atoms with Gasteiger partial charge in [-0.15, -0.1) is 0 Å². The lowest BCUT2D eigenvalue weighted by atomic mass is 9.55. The number of hydrogen-bond acceptors (Lipinski definition) is 1. The Labute approximate surface area is 235 Å². The molecule has 0 aliphatic heterocycles. The summed E-state index contributed by atoms with van der Waals surface area (Å²) in [7, 11) is 0. The minimum atomic E-state index is -0.381. The third kappa shape index (κ3) is 2.95. The molecule has 0 saturated carbocycles. The molecule has 0 unspecified atom stereocenters. The molecule has 0 amide bonds. The highest BCUT2D eigenvalue weighted by atomic mass is 14.6. The van der Waals surface area contributed by atoms with Crippen molar-refractivity contribution in [3.63, 3.8) is 0 Å². The van der Waals surface area contributed by atoms with E-state index < -0.39 is 0 Å². The number of fused-ring (bicyclic) bond motifs is 9. The molecule has 6 aromatic rings. The third-order valence-electron chi connectivity index (χ3n) is 9.26. The van der Waals surface area contributed by atoms with Crippen molar-refractivity contribution in [2.24, 2.45) is 0 Å². The Hall–Kier alpha value is -4.75. The van der Waals surface area contributed by atoms with Crippen LogP contribution in [0.15, 0.2) is 140 Å². The van der Waals surface area contributed by atoms with E-state index in [0.717, 1.165) is 5.56 Å². The molecule has 1 spiro atoms. The summed E-state index contributed by atoms with van der Waals surface area (Å²) < 4.78 is 0. The zero-order valence-electron chi connectivity index (χ0n) is 22.7. The molecule has 0 fully saturated rings. The van der Waals surface area contributed by atoms with Crippen molar-refractivity contribution in [3.8, 4) is 33.4 Å². The summed E-state index contributed by atoms with van der Waals surface area (Å²) in [5, 5.41) is 0. The van der Waals surface area contributed by atoms with E-state index in [1.54, 1.807) is 0 Å². The van der Waals surface area contributed by atoms with Crippen LogP contribution in [0.3, 0.4) is 0 Å². The van der Waals surface area contributed by atoms with Crippen LogP contribution in [0.2, 0.25) is 0 Å². The largest absolute Gasteiger partial charge is 0.264 e. The number of nitrogens with zero attached hydrogens (tertiary/aromatic N) is 1. The third-order valence-corrected chi connectivity index (χ3v) is 9.26. The zero-order chi connectivity index (χ0) is 26.9. The molecule has 40 heavy (non-hydrogen) atoms. The van der Waals surface area contributed by atoms with Gasteiger partial charge in [0.05, 0.1) is 5.41 Å². The summed E-state index contributed by atoms with van der Waals surface area (Å²) in [5.74, 6) is 0. The van der Waals surface area contributed by atoms with E-state index >= 15 is 0 Å². The van der Waals surface area contributed by atoms with E-state index in [0.29, 0.717) is 0 Å². The number of rotatable bonds is 2. The van der Waals surface area contributed by atoms with Crippen LogP contribution in [0.25, 0.3) is 33.4 Å². The first-order valence-corrected chi connectivity index (χ1v) is 14.1. The van der Waals surface area contributed by atoms with Crippen LogP contribution in [0, 0.1) is 0 Å². The van der Waals surface area contributed by atoms with Gasteiger partial charge in [-0.3, -0.25) is 4.98 Å². The molecule has 1 aromatic heterocycles. The van der Waals surface area contributed by atoms with Crippen LogP contribution < -0.4 is 0 Å². The molecule has 190 valence electrons. The summed E-state index contributed by atoms with van der Waals surface area (Å²) in [6.07, 6.45) is 3.80. The van der Waals surface area contributed by atoms with Crippen LogP contribution in [0.4, 0.5) is 0 Å². The van der Waals surface area contributed by atoms with Crippen molar-refractivity contribution in [1.82, 2.24) is 4.98 Å². The van der Waals surface area contributed by atoms with Crippen LogP contribution >= 0.6 is 0 Å². The topological polar surface area (TPSA) is 12.9 Å². The predicted octanol–water partition coefficient (Wildman–Crippen LogP) is 9.42. The summed E-state index contributed by atoms with van der Waals surface area (Å²) >= 11 is 0. The molecule has 0 N–H and O–H groups in total. The van der Waals surface area contributed by atoms with Gasteiger partial charge < -0.3 is 0 Å². The average Bonchev–Trinajstić information content (AvgIpc) is 3.32. The summed E-state index contributed by atoms with van der Waals surface area (Å²) in [6, 6.07) is 47.3. The van der Waals surface area contributed by atoms with Gasteiger partial charge in [0.1, 0.15) is 0 Å². The fourth-order valence-electron chi connectivity index (χ4n) is 7.54. The van der Waals surface area contributed by atoms with E-state index in [4.69, 9.17) is 0 Å². The number of hydrogen-bond donors (Lipinski definition) is 0. The Morgan fingerprint density at radius 3 is 1.57 bits per heavy atom. The van der Waals surface area contributed by atoms with Gasteiger partial charge in [-0.05, 0) is 73.3 Å². The van der Waals surface area contributed by atoms with Crippen LogP contribution in [-0.2, 0) is 10.8 Å². The minimum absolute atomic E-state index is 0.134. The molecule has 5 aromatic carbocycles. The monoisotopic (exact) mass is 511 g/mol. The van der Waals surface area contributed by atoms with E-state index in [1.807, 2.05) is 18.5 Å². The average molecular weight is 512 g/mol. The molecule has 1 nitrogen and oxygen atoms in total. The highest BCUT2D eigenvalue weighted by molar-refractivity contribution is 5.90. The Morgan fingerprint density at radius 1 is 0.425 bits per heavy atom. The second-order valence-electron chi connectivity index (χ2n) is 11.6. The van der Waals surface area contributed by atoms with Crippen molar-refractivity contribution in [2.75, 3.05) is 0 Å². The van der Waals surface area contributed by atoms with E-state index in [2.05, 4.69) is 140 Å². The lowest BCUT2D eigenvalue weighted by Gasteiger charge is -2.47. The van der Waals surface area contributed by atoms with Crippen molar-refractivity contribution >= 4 is 0 Å². The number of aromatic nitrogens is 1. The summed E-state index contributed by atoms with van der Waals surface area (Å²) in [6.45, 7) is 4.76. The SMILES string of the molecule is CC1(C)c2ccccc2C2(c3ccccc3-c3ccccc32)c2cc(-c3ccccc3-c3cccnc3)ccc21. The van der Waals surface area contributed by atoms with Gasteiger partial charge in [-0.2, -0.15) is 0 Å². The van der Waals surface area contributed by atoms with Crippen LogP contribution in [0.1, 0.15) is 47.2 Å². The van der Waals surface area contributed by atoms with Gasteiger partial charge in [-0.25, -0.2) is 0 Å². The maximum atomic E-state index is 4.42. The highest BCUT2D eigenvalue weighted by Gasteiger charge is 2.53. The molecular formula is C39H29N. The quantitative estimate of drug-likeness (QED) is 0.225. The Morgan fingerprint density at radius 2 is 0.950 bits per heavy atom. The van der Waals surface area contributed by atoms with Gasteiger partial charge in [0.15, 0.2) is 0 Å². The van der Waals surface area contributed by atoms with Gasteiger partial charge >= 0.3 is 0 Å². The molecular weight excluding hydrogens is 482 g/mol. The fraction of sp³-hybridized carbons (Fsp3) is 0.103. The lowest BCUT2D eigenvalue weighted by molar-refractivity contribution is 0.563. The normalized spacial score (nSPS) is 15.2. The maximum Gasteiger partial charge on any atom is 0.0719 e. The first-order valence-electron chi connectivity index (χ1n) is 14.1. The molecule has 0 radical (unpaired) electrons. The zero-order valence-corrected chi connectivity index (χ0v) is 22.7. The predicted molar refractivity (Wildman–Crippen MR) is 165 cm³/mol. The first kappa shape index (κ1) is 23.2. The molecule has 0 saturated heterocycles. The number of pyridine rings is 1. The van der Waals surface area contributed by atoms with Crippen LogP contribution in [-0.4, -0.2) is 4.98 Å². The van der Waals surface area contributed by atoms with Crippen molar-refractivity contribution < 1.29 is 0 Å². The van der Waals surface area contributed by atoms with Crippen molar-refractivity contribution in [3.05, 3.63) is 173 Å². The smallest absolute Gasteiger partial charge is 0.0719 e.